The fourth-order valence-corrected chi connectivity index (χ4v) is 3.42. The standard InChI is InChI=1S/C18H19BN2O6/c22-15-4-1-11(7-20-15)8-21-9-13(10-21)26-14-3-2-12-5-6-19(25)27-17(12)16(14)18(23)24/h1-4,7,13,25H,5-6,8-10H2,(H,20,22)(H,23,24). The largest absolute Gasteiger partial charge is 0.535 e. The number of benzene rings is 1. The lowest BCUT2D eigenvalue weighted by atomic mass is 9.78. The number of aromatic carboxylic acids is 1. The van der Waals surface area contributed by atoms with Crippen molar-refractivity contribution in [2.45, 2.75) is 25.4 Å². The van der Waals surface area contributed by atoms with Crippen molar-refractivity contribution in [3.05, 3.63) is 57.5 Å². The Labute approximate surface area is 155 Å². The molecule has 140 valence electrons. The number of pyridine rings is 1. The van der Waals surface area contributed by atoms with E-state index in [0.717, 1.165) is 11.1 Å². The summed E-state index contributed by atoms with van der Waals surface area (Å²) >= 11 is 0. The van der Waals surface area contributed by atoms with E-state index >= 15 is 0 Å². The van der Waals surface area contributed by atoms with Crippen molar-refractivity contribution in [2.75, 3.05) is 13.1 Å². The number of aryl methyl sites for hydroxylation is 1. The van der Waals surface area contributed by atoms with Gasteiger partial charge in [0.15, 0.2) is 0 Å². The van der Waals surface area contributed by atoms with Crippen LogP contribution < -0.4 is 15.0 Å². The van der Waals surface area contributed by atoms with Crippen molar-refractivity contribution < 1.29 is 24.3 Å². The Kier molecular flexibility index (Phi) is 4.63. The van der Waals surface area contributed by atoms with Crippen molar-refractivity contribution >= 4 is 13.1 Å². The predicted molar refractivity (Wildman–Crippen MR) is 97.3 cm³/mol. The Morgan fingerprint density at radius 1 is 1.33 bits per heavy atom. The molecule has 1 fully saturated rings. The highest BCUT2D eigenvalue weighted by molar-refractivity contribution is 6.44. The molecule has 9 heteroatoms. The fourth-order valence-electron chi connectivity index (χ4n) is 3.42. The van der Waals surface area contributed by atoms with Gasteiger partial charge in [-0.05, 0) is 29.9 Å². The molecular formula is C18H19BN2O6. The number of ether oxygens (including phenoxy) is 1. The molecule has 1 aromatic heterocycles. The number of carbonyl (C=O) groups is 1. The molecule has 2 aliphatic heterocycles. The van der Waals surface area contributed by atoms with E-state index < -0.39 is 13.1 Å². The predicted octanol–water partition coefficient (Wildman–Crippen LogP) is 0.752. The second-order valence-corrected chi connectivity index (χ2v) is 6.84. The molecule has 0 aliphatic carbocycles. The normalized spacial score (nSPS) is 17.0. The summed E-state index contributed by atoms with van der Waals surface area (Å²) < 4.78 is 11.3. The van der Waals surface area contributed by atoms with E-state index in [-0.39, 0.29) is 28.7 Å². The van der Waals surface area contributed by atoms with Crippen LogP contribution in [0.5, 0.6) is 11.5 Å². The van der Waals surface area contributed by atoms with Crippen LogP contribution in [-0.2, 0) is 13.0 Å². The molecule has 2 aliphatic rings. The molecule has 0 amide bonds. The van der Waals surface area contributed by atoms with Crippen LogP contribution in [0, 0.1) is 0 Å². The quantitative estimate of drug-likeness (QED) is 0.666. The topological polar surface area (TPSA) is 112 Å². The second kappa shape index (κ2) is 7.09. The third-order valence-corrected chi connectivity index (χ3v) is 4.80. The number of aromatic amines is 1. The van der Waals surface area contributed by atoms with Gasteiger partial charge in [0.05, 0.1) is 0 Å². The number of H-pyrrole nitrogens is 1. The number of rotatable bonds is 5. The van der Waals surface area contributed by atoms with Crippen molar-refractivity contribution in [2.24, 2.45) is 0 Å². The average molecular weight is 370 g/mol. The lowest BCUT2D eigenvalue weighted by Gasteiger charge is -2.39. The maximum Gasteiger partial charge on any atom is 0.522 e. The van der Waals surface area contributed by atoms with Crippen LogP contribution in [0.1, 0.15) is 21.5 Å². The van der Waals surface area contributed by atoms with Gasteiger partial charge in [-0.1, -0.05) is 12.1 Å². The van der Waals surface area contributed by atoms with Crippen molar-refractivity contribution in [1.29, 1.82) is 0 Å². The molecule has 1 aromatic carbocycles. The van der Waals surface area contributed by atoms with Gasteiger partial charge < -0.3 is 24.5 Å². The van der Waals surface area contributed by atoms with Crippen molar-refractivity contribution in [3.8, 4) is 11.5 Å². The van der Waals surface area contributed by atoms with Crippen LogP contribution in [0.25, 0.3) is 0 Å². The van der Waals surface area contributed by atoms with E-state index in [9.17, 15) is 19.7 Å². The molecule has 0 bridgehead atoms. The highest BCUT2D eigenvalue weighted by Gasteiger charge is 2.33. The van der Waals surface area contributed by atoms with Gasteiger partial charge in [0, 0.05) is 31.9 Å². The molecule has 0 saturated carbocycles. The number of aromatic nitrogens is 1. The molecular weight excluding hydrogens is 351 g/mol. The van der Waals surface area contributed by atoms with E-state index in [0.29, 0.717) is 32.4 Å². The Bertz CT molecular complexity index is 904. The first-order chi connectivity index (χ1) is 13.0. The monoisotopic (exact) mass is 370 g/mol. The second-order valence-electron chi connectivity index (χ2n) is 6.84. The number of hydrogen-bond acceptors (Lipinski definition) is 6. The summed E-state index contributed by atoms with van der Waals surface area (Å²) in [6.45, 7) is 1.99. The Morgan fingerprint density at radius 3 is 2.85 bits per heavy atom. The van der Waals surface area contributed by atoms with Crippen LogP contribution in [0.4, 0.5) is 0 Å². The zero-order valence-corrected chi connectivity index (χ0v) is 14.6. The van der Waals surface area contributed by atoms with Crippen LogP contribution in [0.3, 0.4) is 0 Å². The minimum atomic E-state index is -1.14. The Balaban J connectivity index is 1.43. The van der Waals surface area contributed by atoms with E-state index in [4.69, 9.17) is 9.39 Å². The van der Waals surface area contributed by atoms with E-state index in [1.54, 1.807) is 24.4 Å². The highest BCUT2D eigenvalue weighted by atomic mass is 16.5. The minimum absolute atomic E-state index is 0.0367. The summed E-state index contributed by atoms with van der Waals surface area (Å²) in [7, 11) is -0.998. The van der Waals surface area contributed by atoms with Crippen LogP contribution >= 0.6 is 0 Å². The molecule has 3 heterocycles. The van der Waals surface area contributed by atoms with E-state index in [1.165, 1.54) is 6.07 Å². The SMILES string of the molecule is O=C(O)c1c(OC2CN(Cc3ccc(=O)[nH]c3)C2)ccc2c1OB(O)CC2. The van der Waals surface area contributed by atoms with Gasteiger partial charge in [-0.3, -0.25) is 9.69 Å². The Hall–Kier alpha value is -2.78. The Morgan fingerprint density at radius 2 is 2.15 bits per heavy atom. The summed E-state index contributed by atoms with van der Waals surface area (Å²) in [5.41, 5.74) is 1.59. The zero-order valence-electron chi connectivity index (χ0n) is 14.6. The third kappa shape index (κ3) is 3.69. The molecule has 0 unspecified atom stereocenters. The zero-order chi connectivity index (χ0) is 19.0. The summed E-state index contributed by atoms with van der Waals surface area (Å²) in [5, 5.41) is 19.3. The summed E-state index contributed by atoms with van der Waals surface area (Å²) in [6, 6.07) is 6.72. The lowest BCUT2D eigenvalue weighted by molar-refractivity contribution is 0.0134. The van der Waals surface area contributed by atoms with Gasteiger partial charge >= 0.3 is 13.1 Å². The van der Waals surface area contributed by atoms with E-state index in [1.807, 2.05) is 0 Å². The van der Waals surface area contributed by atoms with Gasteiger partial charge in [0.1, 0.15) is 23.2 Å². The third-order valence-electron chi connectivity index (χ3n) is 4.80. The molecule has 8 nitrogen and oxygen atoms in total. The maximum absolute atomic E-state index is 11.7. The first kappa shape index (κ1) is 17.6. The van der Waals surface area contributed by atoms with E-state index in [2.05, 4.69) is 9.88 Å². The average Bonchev–Trinajstić information content (AvgIpc) is 2.60. The van der Waals surface area contributed by atoms with Gasteiger partial charge in [0.2, 0.25) is 5.56 Å². The first-order valence-corrected chi connectivity index (χ1v) is 8.80. The molecule has 0 radical (unpaired) electrons. The van der Waals surface area contributed by atoms with Gasteiger partial charge in [0.25, 0.3) is 0 Å². The number of carboxylic acids is 1. The maximum atomic E-state index is 11.7. The van der Waals surface area contributed by atoms with Crippen LogP contribution in [0.2, 0.25) is 6.32 Å². The molecule has 4 rings (SSSR count). The highest BCUT2D eigenvalue weighted by Crippen LogP contribution is 2.37. The minimum Gasteiger partial charge on any atom is -0.535 e. The number of fused-ring (bicyclic) bond motifs is 1. The van der Waals surface area contributed by atoms with Crippen molar-refractivity contribution in [1.82, 2.24) is 9.88 Å². The number of nitrogens with one attached hydrogen (secondary N) is 1. The lowest BCUT2D eigenvalue weighted by Crippen LogP contribution is -2.53. The summed E-state index contributed by atoms with van der Waals surface area (Å²) in [6.07, 6.45) is 2.56. The number of carboxylic acid groups (broad SMARTS) is 1. The first-order valence-electron chi connectivity index (χ1n) is 8.80. The van der Waals surface area contributed by atoms with Crippen LogP contribution in [-0.4, -0.2) is 52.3 Å². The number of hydrogen-bond donors (Lipinski definition) is 3. The smallest absolute Gasteiger partial charge is 0.522 e. The van der Waals surface area contributed by atoms with Gasteiger partial charge in [-0.2, -0.15) is 0 Å². The number of nitrogens with zero attached hydrogens (tertiary/aromatic N) is 1. The molecule has 27 heavy (non-hydrogen) atoms. The molecule has 2 aromatic rings. The molecule has 0 atom stereocenters. The molecule has 0 spiro atoms. The van der Waals surface area contributed by atoms with Gasteiger partial charge in [-0.15, -0.1) is 0 Å². The molecule has 3 N–H and O–H groups in total. The van der Waals surface area contributed by atoms with Crippen LogP contribution in [0.15, 0.2) is 35.3 Å². The fraction of sp³-hybridized carbons (Fsp3) is 0.333. The molecule has 1 saturated heterocycles. The summed E-state index contributed by atoms with van der Waals surface area (Å²) in [5.74, 6) is -0.687. The van der Waals surface area contributed by atoms with Crippen molar-refractivity contribution in [3.63, 3.8) is 0 Å². The van der Waals surface area contributed by atoms with Gasteiger partial charge in [-0.25, -0.2) is 4.79 Å². The number of likely N-dealkylation sites (tertiary alicyclic amines) is 1. The summed E-state index contributed by atoms with van der Waals surface area (Å²) in [4.78, 5) is 27.6.